The number of likely N-dealkylation sites (N-methyl/N-ethyl adjacent to an activating group) is 1. The fourth-order valence-electron chi connectivity index (χ4n) is 4.43. The molecule has 1 fully saturated rings. The highest BCUT2D eigenvalue weighted by molar-refractivity contribution is 7.46. The number of aromatic amines is 1. The molecule has 5 rings (SSSR count). The molecule has 0 unspecified atom stereocenters. The minimum atomic E-state index is -4.81. The van der Waals surface area contributed by atoms with E-state index in [4.69, 9.17) is 14.5 Å². The van der Waals surface area contributed by atoms with Crippen molar-refractivity contribution in [3.05, 3.63) is 61.1 Å². The Kier molecular flexibility index (Phi) is 8.47. The van der Waals surface area contributed by atoms with Crippen molar-refractivity contribution in [2.75, 3.05) is 55.6 Å². The Labute approximate surface area is 239 Å². The van der Waals surface area contributed by atoms with Crippen LogP contribution in [-0.4, -0.2) is 80.8 Å². The molecule has 0 atom stereocenters. The van der Waals surface area contributed by atoms with Gasteiger partial charge in [-0.1, -0.05) is 18.7 Å². The second-order valence-corrected chi connectivity index (χ2v) is 10.6. The number of rotatable bonds is 10. The maximum Gasteiger partial charge on any atom is 0.472 e. The number of piperazine rings is 1. The van der Waals surface area contributed by atoms with E-state index in [0.717, 1.165) is 6.08 Å². The van der Waals surface area contributed by atoms with Gasteiger partial charge >= 0.3 is 7.82 Å². The number of carbonyl (C=O) groups excluding carboxylic acids is 1. The van der Waals surface area contributed by atoms with Gasteiger partial charge < -0.3 is 35.0 Å². The van der Waals surface area contributed by atoms with Crippen molar-refractivity contribution in [2.24, 2.45) is 0 Å². The van der Waals surface area contributed by atoms with Crippen molar-refractivity contribution < 1.29 is 32.8 Å². The number of phosphoric acid groups is 1. The number of aromatic nitrogens is 4. The number of nitrogens with zero attached hydrogens (tertiary/aromatic N) is 5. The highest BCUT2D eigenvalue weighted by atomic mass is 31.2. The van der Waals surface area contributed by atoms with Crippen LogP contribution in [0.3, 0.4) is 0 Å². The molecule has 220 valence electrons. The van der Waals surface area contributed by atoms with Crippen molar-refractivity contribution >= 4 is 47.8 Å². The summed E-state index contributed by atoms with van der Waals surface area (Å²) in [5, 5.41) is 13.2. The Hall–Kier alpha value is -4.40. The molecule has 2 aromatic carbocycles. The van der Waals surface area contributed by atoms with Gasteiger partial charge in [-0.25, -0.2) is 18.5 Å². The van der Waals surface area contributed by atoms with E-state index in [1.165, 1.54) is 12.1 Å². The quantitative estimate of drug-likeness (QED) is 0.102. The summed E-state index contributed by atoms with van der Waals surface area (Å²) >= 11 is 0. The summed E-state index contributed by atoms with van der Waals surface area (Å²) in [7, 11) is -2.85. The molecule has 0 saturated carbocycles. The zero-order valence-electron chi connectivity index (χ0n) is 22.5. The van der Waals surface area contributed by atoms with Crippen LogP contribution >= 0.6 is 7.82 Å². The average molecular weight is 599 g/mol. The van der Waals surface area contributed by atoms with Gasteiger partial charge in [0.15, 0.2) is 24.0 Å². The van der Waals surface area contributed by atoms with Gasteiger partial charge in [0.1, 0.15) is 5.69 Å². The van der Waals surface area contributed by atoms with Crippen LogP contribution < -0.4 is 20.3 Å². The fraction of sp³-hybridized carbons (Fsp3) is 0.231. The van der Waals surface area contributed by atoms with Crippen molar-refractivity contribution in [1.82, 2.24) is 25.1 Å². The average Bonchev–Trinajstić information content (AvgIpc) is 3.41. The third-order valence-electron chi connectivity index (χ3n) is 6.44. The van der Waals surface area contributed by atoms with Crippen LogP contribution in [0.25, 0.3) is 22.3 Å². The van der Waals surface area contributed by atoms with Gasteiger partial charge in [-0.05, 0) is 31.3 Å². The molecule has 1 aliphatic rings. The fourth-order valence-corrected chi connectivity index (χ4v) is 4.62. The molecule has 1 amide bonds. The Balaban J connectivity index is 1.49. The standard InChI is InChI=1S/C26H28FN8O6P/c1-3-22(36)29-17-6-4-5-16(11-17)23-19-14-28-33-25(19)32-26(31-23)30-18-12-20(27)24(35-9-7-34(2)8-10-35)21(13-18)40-15-41-42(37,38)39/h3-6,11-14H,1,7-10,15H2,2H3,(H,29,36)(H2,37,38,39)(H2,28,30,31,32,33). The Morgan fingerprint density at radius 3 is 2.71 bits per heavy atom. The number of benzene rings is 2. The summed E-state index contributed by atoms with van der Waals surface area (Å²) in [6, 6.07) is 9.75. The normalized spacial score (nSPS) is 14.1. The molecule has 1 saturated heterocycles. The first-order valence-electron chi connectivity index (χ1n) is 12.7. The zero-order valence-corrected chi connectivity index (χ0v) is 23.3. The maximum absolute atomic E-state index is 15.6. The number of ether oxygens (including phenoxy) is 1. The van der Waals surface area contributed by atoms with E-state index in [0.29, 0.717) is 54.2 Å². The highest BCUT2D eigenvalue weighted by Crippen LogP contribution is 2.39. The number of anilines is 4. The molecule has 0 bridgehead atoms. The number of hydrogen-bond acceptors (Lipinski definition) is 10. The summed E-state index contributed by atoms with van der Waals surface area (Å²) < 4.78 is 36.7. The molecule has 3 heterocycles. The molecule has 5 N–H and O–H groups in total. The smallest absolute Gasteiger partial charge is 0.465 e. The third kappa shape index (κ3) is 6.90. The monoisotopic (exact) mass is 598 g/mol. The van der Waals surface area contributed by atoms with Crippen LogP contribution in [0.1, 0.15) is 0 Å². The largest absolute Gasteiger partial charge is 0.472 e. The van der Waals surface area contributed by atoms with Gasteiger partial charge in [-0.2, -0.15) is 10.1 Å². The lowest BCUT2D eigenvalue weighted by atomic mass is 10.1. The molecular weight excluding hydrogens is 570 g/mol. The first kappa shape index (κ1) is 29.1. The Morgan fingerprint density at radius 2 is 1.98 bits per heavy atom. The van der Waals surface area contributed by atoms with E-state index in [9.17, 15) is 9.36 Å². The summed E-state index contributed by atoms with van der Waals surface area (Å²) in [6.07, 6.45) is 2.74. The van der Waals surface area contributed by atoms with Gasteiger partial charge in [0.25, 0.3) is 0 Å². The Morgan fingerprint density at radius 1 is 1.19 bits per heavy atom. The molecule has 1 aliphatic heterocycles. The van der Waals surface area contributed by atoms with E-state index < -0.39 is 20.4 Å². The number of fused-ring (bicyclic) bond motifs is 1. The van der Waals surface area contributed by atoms with E-state index in [-0.39, 0.29) is 29.0 Å². The Bertz CT molecular complexity index is 1670. The lowest BCUT2D eigenvalue weighted by Gasteiger charge is -2.35. The van der Waals surface area contributed by atoms with Crippen molar-refractivity contribution in [3.63, 3.8) is 0 Å². The van der Waals surface area contributed by atoms with Crippen LogP contribution in [0.5, 0.6) is 5.75 Å². The summed E-state index contributed by atoms with van der Waals surface area (Å²) in [4.78, 5) is 42.9. The molecule has 2 aromatic heterocycles. The van der Waals surface area contributed by atoms with Gasteiger partial charge in [-0.3, -0.25) is 9.89 Å². The highest BCUT2D eigenvalue weighted by Gasteiger charge is 2.24. The number of halogens is 1. The van der Waals surface area contributed by atoms with Crippen LogP contribution in [0.4, 0.5) is 27.4 Å². The number of H-pyrrole nitrogens is 1. The van der Waals surface area contributed by atoms with Crippen LogP contribution in [0.2, 0.25) is 0 Å². The summed E-state index contributed by atoms with van der Waals surface area (Å²) in [5.74, 6) is -0.864. The minimum absolute atomic E-state index is 0.0176. The topological polar surface area (TPSA) is 178 Å². The number of amides is 1. The predicted molar refractivity (Wildman–Crippen MR) is 154 cm³/mol. The van der Waals surface area contributed by atoms with E-state index in [2.05, 4.69) is 46.8 Å². The SMILES string of the molecule is C=CC(=O)Nc1cccc(-c2nc(Nc3cc(F)c(N4CCN(C)CC4)c(OCOP(=O)(O)O)c3)nc3[nH]ncc23)c1. The number of phosphoric ester groups is 1. The lowest BCUT2D eigenvalue weighted by molar-refractivity contribution is -0.111. The van der Waals surface area contributed by atoms with E-state index in [1.54, 1.807) is 35.4 Å². The predicted octanol–water partition coefficient (Wildman–Crippen LogP) is 3.22. The first-order chi connectivity index (χ1) is 20.1. The van der Waals surface area contributed by atoms with Gasteiger partial charge in [0.05, 0.1) is 17.3 Å². The number of carbonyl (C=O) groups is 1. The van der Waals surface area contributed by atoms with E-state index >= 15 is 4.39 Å². The molecular formula is C26H28FN8O6P. The number of hydrogen-bond donors (Lipinski definition) is 5. The second-order valence-electron chi connectivity index (χ2n) is 9.40. The van der Waals surface area contributed by atoms with Crippen LogP contribution in [-0.2, 0) is 13.9 Å². The molecule has 0 aliphatic carbocycles. The van der Waals surface area contributed by atoms with Crippen molar-refractivity contribution in [3.8, 4) is 17.0 Å². The molecule has 16 heteroatoms. The van der Waals surface area contributed by atoms with Crippen molar-refractivity contribution in [2.45, 2.75) is 0 Å². The first-order valence-corrected chi connectivity index (χ1v) is 14.2. The minimum Gasteiger partial charge on any atom is -0.465 e. The van der Waals surface area contributed by atoms with Crippen LogP contribution in [0.15, 0.2) is 55.3 Å². The lowest BCUT2D eigenvalue weighted by Crippen LogP contribution is -2.45. The molecule has 42 heavy (non-hydrogen) atoms. The molecule has 0 radical (unpaired) electrons. The summed E-state index contributed by atoms with van der Waals surface area (Å²) in [6.45, 7) is 5.09. The van der Waals surface area contributed by atoms with Gasteiger partial charge in [-0.15, -0.1) is 0 Å². The van der Waals surface area contributed by atoms with Crippen molar-refractivity contribution in [1.29, 1.82) is 0 Å². The number of nitrogens with one attached hydrogen (secondary N) is 3. The maximum atomic E-state index is 15.6. The molecule has 14 nitrogen and oxygen atoms in total. The summed E-state index contributed by atoms with van der Waals surface area (Å²) in [5.41, 5.74) is 2.45. The second kappa shape index (κ2) is 12.2. The van der Waals surface area contributed by atoms with Gasteiger partial charge in [0, 0.05) is 49.2 Å². The van der Waals surface area contributed by atoms with Gasteiger partial charge in [0.2, 0.25) is 11.9 Å². The third-order valence-corrected chi connectivity index (χ3v) is 6.88. The molecule has 4 aromatic rings. The van der Waals surface area contributed by atoms with E-state index in [1.807, 2.05) is 7.05 Å². The van der Waals surface area contributed by atoms with Crippen LogP contribution in [0, 0.1) is 5.82 Å². The molecule has 0 spiro atoms. The zero-order chi connectivity index (χ0) is 29.9.